The minimum absolute atomic E-state index is 0.0806. The van der Waals surface area contributed by atoms with Crippen molar-refractivity contribution in [2.24, 2.45) is 0 Å². The highest BCUT2D eigenvalue weighted by atomic mass is 79.9. The summed E-state index contributed by atoms with van der Waals surface area (Å²) in [6.07, 6.45) is 0. The van der Waals surface area contributed by atoms with Gasteiger partial charge in [0.1, 0.15) is 5.82 Å². The standard InChI is InChI=1S/C12H16BrFN2O/c1-3-15-12(17)8(2)16-7-9-6-10(13)4-5-11(9)14/h4-6,8,16H,3,7H2,1-2H3,(H,15,17). The molecular formula is C12H16BrFN2O. The lowest BCUT2D eigenvalue weighted by atomic mass is 10.2. The fourth-order valence-electron chi connectivity index (χ4n) is 1.36. The number of halogens is 2. The van der Waals surface area contributed by atoms with Crippen LogP contribution in [0.25, 0.3) is 0 Å². The van der Waals surface area contributed by atoms with Crippen molar-refractivity contribution in [1.29, 1.82) is 0 Å². The molecular weight excluding hydrogens is 287 g/mol. The molecule has 0 saturated heterocycles. The van der Waals surface area contributed by atoms with Gasteiger partial charge in [-0.3, -0.25) is 4.79 Å². The molecule has 0 heterocycles. The van der Waals surface area contributed by atoms with Crippen molar-refractivity contribution in [2.45, 2.75) is 26.4 Å². The van der Waals surface area contributed by atoms with Gasteiger partial charge in [0.25, 0.3) is 0 Å². The largest absolute Gasteiger partial charge is 0.355 e. The molecule has 0 saturated carbocycles. The zero-order valence-electron chi connectivity index (χ0n) is 9.89. The van der Waals surface area contributed by atoms with E-state index >= 15 is 0 Å². The number of rotatable bonds is 5. The van der Waals surface area contributed by atoms with E-state index in [9.17, 15) is 9.18 Å². The molecule has 94 valence electrons. The maximum Gasteiger partial charge on any atom is 0.236 e. The predicted octanol–water partition coefficient (Wildman–Crippen LogP) is 2.20. The second-order valence-electron chi connectivity index (χ2n) is 3.73. The van der Waals surface area contributed by atoms with Gasteiger partial charge in [-0.15, -0.1) is 0 Å². The third-order valence-corrected chi connectivity index (χ3v) is 2.84. The molecule has 0 aliphatic rings. The molecule has 0 radical (unpaired) electrons. The van der Waals surface area contributed by atoms with Crippen molar-refractivity contribution in [3.05, 3.63) is 34.1 Å². The van der Waals surface area contributed by atoms with Crippen molar-refractivity contribution in [3.8, 4) is 0 Å². The normalized spacial score (nSPS) is 12.2. The maximum atomic E-state index is 13.4. The quantitative estimate of drug-likeness (QED) is 0.875. The Morgan fingerprint density at radius 2 is 2.24 bits per heavy atom. The number of likely N-dealkylation sites (N-methyl/N-ethyl adjacent to an activating group) is 1. The van der Waals surface area contributed by atoms with Crippen molar-refractivity contribution >= 4 is 21.8 Å². The van der Waals surface area contributed by atoms with E-state index in [-0.39, 0.29) is 17.8 Å². The monoisotopic (exact) mass is 302 g/mol. The number of amides is 1. The molecule has 1 atom stereocenters. The van der Waals surface area contributed by atoms with Crippen LogP contribution in [0.1, 0.15) is 19.4 Å². The summed E-state index contributed by atoms with van der Waals surface area (Å²) in [6, 6.07) is 4.41. The second-order valence-corrected chi connectivity index (χ2v) is 4.65. The molecule has 0 aromatic heterocycles. The Hall–Kier alpha value is -0.940. The summed E-state index contributed by atoms with van der Waals surface area (Å²) >= 11 is 3.28. The molecule has 0 fully saturated rings. The Labute approximate surface area is 109 Å². The third-order valence-electron chi connectivity index (χ3n) is 2.35. The molecule has 1 rings (SSSR count). The number of benzene rings is 1. The summed E-state index contributed by atoms with van der Waals surface area (Å²) in [4.78, 5) is 11.4. The lowest BCUT2D eigenvalue weighted by Gasteiger charge is -2.13. The molecule has 1 aromatic rings. The Morgan fingerprint density at radius 1 is 1.53 bits per heavy atom. The summed E-state index contributed by atoms with van der Waals surface area (Å²) < 4.78 is 14.2. The number of carbonyl (C=O) groups excluding carboxylic acids is 1. The van der Waals surface area contributed by atoms with Crippen LogP contribution < -0.4 is 10.6 Å². The van der Waals surface area contributed by atoms with Crippen molar-refractivity contribution in [1.82, 2.24) is 10.6 Å². The van der Waals surface area contributed by atoms with Gasteiger partial charge >= 0.3 is 0 Å². The first-order chi connectivity index (χ1) is 8.04. The van der Waals surface area contributed by atoms with Crippen LogP contribution in [-0.2, 0) is 11.3 Å². The van der Waals surface area contributed by atoms with Crippen LogP contribution in [0.3, 0.4) is 0 Å². The topological polar surface area (TPSA) is 41.1 Å². The minimum Gasteiger partial charge on any atom is -0.355 e. The van der Waals surface area contributed by atoms with E-state index in [1.54, 1.807) is 19.1 Å². The average molecular weight is 303 g/mol. The molecule has 3 nitrogen and oxygen atoms in total. The third kappa shape index (κ3) is 4.44. The zero-order chi connectivity index (χ0) is 12.8. The SMILES string of the molecule is CCNC(=O)C(C)NCc1cc(Br)ccc1F. The molecule has 5 heteroatoms. The minimum atomic E-state index is -0.340. The molecule has 1 aromatic carbocycles. The first-order valence-electron chi connectivity index (χ1n) is 5.49. The lowest BCUT2D eigenvalue weighted by Crippen LogP contribution is -2.41. The van der Waals surface area contributed by atoms with Gasteiger partial charge in [0.05, 0.1) is 6.04 Å². The Kier molecular flexibility index (Phi) is 5.58. The molecule has 0 spiro atoms. The average Bonchev–Trinajstić information content (AvgIpc) is 2.30. The zero-order valence-corrected chi connectivity index (χ0v) is 11.5. The van der Waals surface area contributed by atoms with Gasteiger partial charge in [-0.2, -0.15) is 0 Å². The fourth-order valence-corrected chi connectivity index (χ4v) is 1.77. The van der Waals surface area contributed by atoms with E-state index in [0.717, 1.165) is 4.47 Å². The molecule has 0 bridgehead atoms. The van der Waals surface area contributed by atoms with Crippen LogP contribution in [0.5, 0.6) is 0 Å². The van der Waals surface area contributed by atoms with Crippen LogP contribution in [0.15, 0.2) is 22.7 Å². The van der Waals surface area contributed by atoms with Crippen LogP contribution in [-0.4, -0.2) is 18.5 Å². The molecule has 1 amide bonds. The first-order valence-corrected chi connectivity index (χ1v) is 6.29. The molecule has 0 aliphatic heterocycles. The van der Waals surface area contributed by atoms with E-state index in [2.05, 4.69) is 26.6 Å². The van der Waals surface area contributed by atoms with E-state index in [0.29, 0.717) is 18.7 Å². The summed E-state index contributed by atoms with van der Waals surface area (Å²) in [5.41, 5.74) is 0.538. The first kappa shape index (κ1) is 14.1. The van der Waals surface area contributed by atoms with Crippen LogP contribution >= 0.6 is 15.9 Å². The summed E-state index contributed by atoms with van der Waals surface area (Å²) in [5.74, 6) is -0.355. The van der Waals surface area contributed by atoms with Crippen molar-refractivity contribution < 1.29 is 9.18 Å². The molecule has 0 aliphatic carbocycles. The van der Waals surface area contributed by atoms with Crippen LogP contribution in [0.2, 0.25) is 0 Å². The molecule has 17 heavy (non-hydrogen) atoms. The lowest BCUT2D eigenvalue weighted by molar-refractivity contribution is -0.122. The van der Waals surface area contributed by atoms with E-state index < -0.39 is 0 Å². The fraction of sp³-hybridized carbons (Fsp3) is 0.417. The van der Waals surface area contributed by atoms with Gasteiger partial charge in [-0.1, -0.05) is 15.9 Å². The molecule has 2 N–H and O–H groups in total. The molecule has 1 unspecified atom stereocenters. The van der Waals surface area contributed by atoms with Crippen LogP contribution in [0.4, 0.5) is 4.39 Å². The highest BCUT2D eigenvalue weighted by Gasteiger charge is 2.11. The van der Waals surface area contributed by atoms with Crippen molar-refractivity contribution in [3.63, 3.8) is 0 Å². The highest BCUT2D eigenvalue weighted by molar-refractivity contribution is 9.10. The number of hydrogen-bond acceptors (Lipinski definition) is 2. The summed E-state index contributed by atoms with van der Waals surface area (Å²) in [6.45, 7) is 4.53. The highest BCUT2D eigenvalue weighted by Crippen LogP contribution is 2.15. The second kappa shape index (κ2) is 6.71. The number of hydrogen-bond donors (Lipinski definition) is 2. The van der Waals surface area contributed by atoms with Gasteiger partial charge in [-0.05, 0) is 32.0 Å². The van der Waals surface area contributed by atoms with Gasteiger partial charge in [0, 0.05) is 23.1 Å². The maximum absolute atomic E-state index is 13.4. The van der Waals surface area contributed by atoms with E-state index in [1.165, 1.54) is 6.07 Å². The Morgan fingerprint density at radius 3 is 2.88 bits per heavy atom. The number of carbonyl (C=O) groups is 1. The predicted molar refractivity (Wildman–Crippen MR) is 69.1 cm³/mol. The Bertz CT molecular complexity index is 398. The van der Waals surface area contributed by atoms with Gasteiger partial charge in [0.2, 0.25) is 5.91 Å². The van der Waals surface area contributed by atoms with E-state index in [1.807, 2.05) is 6.92 Å². The smallest absolute Gasteiger partial charge is 0.236 e. The van der Waals surface area contributed by atoms with Crippen molar-refractivity contribution in [2.75, 3.05) is 6.54 Å². The van der Waals surface area contributed by atoms with Gasteiger partial charge in [0.15, 0.2) is 0 Å². The van der Waals surface area contributed by atoms with Gasteiger partial charge < -0.3 is 10.6 Å². The van der Waals surface area contributed by atoms with E-state index in [4.69, 9.17) is 0 Å². The summed E-state index contributed by atoms with van der Waals surface area (Å²) in [5, 5.41) is 5.68. The number of nitrogens with one attached hydrogen (secondary N) is 2. The Balaban J connectivity index is 2.55. The summed E-state index contributed by atoms with van der Waals surface area (Å²) in [7, 11) is 0. The van der Waals surface area contributed by atoms with Gasteiger partial charge in [-0.25, -0.2) is 4.39 Å². The van der Waals surface area contributed by atoms with Crippen LogP contribution in [0, 0.1) is 5.82 Å².